The number of rotatable bonds is 12. The van der Waals surface area contributed by atoms with E-state index in [1.54, 1.807) is 30.5 Å². The molecular weight excluding hydrogens is 608 g/mol. The maximum absolute atomic E-state index is 13.0. The number of hydrogen-bond acceptors (Lipinski definition) is 14. The molecule has 2 fully saturated rings. The van der Waals surface area contributed by atoms with Crippen molar-refractivity contribution >= 4 is 66.9 Å². The molecule has 0 spiro atoms. The second kappa shape index (κ2) is 12.0. The molecule has 2 aliphatic rings. The number of nitrogens with two attached hydrogens (primary N) is 1. The number of aromatic nitrogens is 2. The Balaban J connectivity index is 1.29. The summed E-state index contributed by atoms with van der Waals surface area (Å²) in [6.45, 7) is 2.46. The Morgan fingerprint density at radius 1 is 1.33 bits per heavy atom. The molecule has 3 aromatic rings. The summed E-state index contributed by atoms with van der Waals surface area (Å²) in [7, 11) is -4.82. The predicted molar refractivity (Wildman–Crippen MR) is 153 cm³/mol. The van der Waals surface area contributed by atoms with Gasteiger partial charge in [-0.15, -0.1) is 11.3 Å². The maximum Gasteiger partial charge on any atom is 0.362 e. The van der Waals surface area contributed by atoms with E-state index in [0.29, 0.717) is 11.6 Å². The number of amides is 2. The SMILES string of the molecule is C[C@H]1C(NC(=O)/C(=N\OC(COc2ccc3c(NC4CNC4)nccc3c2)C(=O)O)c2csc(N)n2)C(=O)N1S(=O)(=O)O. The fourth-order valence-electron chi connectivity index (χ4n) is 4.29. The van der Waals surface area contributed by atoms with Crippen LogP contribution in [-0.2, 0) is 29.5 Å². The van der Waals surface area contributed by atoms with Crippen LogP contribution in [0.25, 0.3) is 10.8 Å². The summed E-state index contributed by atoms with van der Waals surface area (Å²) in [4.78, 5) is 50.7. The van der Waals surface area contributed by atoms with Crippen molar-refractivity contribution in [3.8, 4) is 5.75 Å². The molecule has 228 valence electrons. The molecule has 7 N–H and O–H groups in total. The van der Waals surface area contributed by atoms with Gasteiger partial charge in [-0.3, -0.25) is 14.1 Å². The molecule has 5 rings (SSSR count). The molecule has 2 amide bonds. The van der Waals surface area contributed by atoms with Crippen molar-refractivity contribution in [2.24, 2.45) is 5.16 Å². The van der Waals surface area contributed by atoms with Crippen LogP contribution in [-0.4, -0.2) is 99.8 Å². The Kier molecular flexibility index (Phi) is 8.31. The van der Waals surface area contributed by atoms with Crippen molar-refractivity contribution < 1.29 is 42.0 Å². The van der Waals surface area contributed by atoms with Crippen LogP contribution in [0.5, 0.6) is 5.75 Å². The van der Waals surface area contributed by atoms with Crippen LogP contribution in [0.3, 0.4) is 0 Å². The van der Waals surface area contributed by atoms with Gasteiger partial charge >= 0.3 is 16.3 Å². The number of carbonyl (C=O) groups is 3. The van der Waals surface area contributed by atoms with Crippen LogP contribution in [0.1, 0.15) is 12.6 Å². The fourth-order valence-corrected chi connectivity index (χ4v) is 5.72. The normalized spacial score (nSPS) is 19.7. The molecule has 2 aromatic heterocycles. The minimum Gasteiger partial charge on any atom is -0.489 e. The third-order valence-electron chi connectivity index (χ3n) is 6.66. The summed E-state index contributed by atoms with van der Waals surface area (Å²) in [5, 5.41) is 25.3. The second-order valence-electron chi connectivity index (χ2n) is 9.60. The molecule has 17 nitrogen and oxygen atoms in total. The highest BCUT2D eigenvalue weighted by atomic mass is 32.2. The lowest BCUT2D eigenvalue weighted by atomic mass is 10.0. The minimum atomic E-state index is -4.82. The number of nitrogens with zero attached hydrogens (tertiary/aromatic N) is 4. The lowest BCUT2D eigenvalue weighted by Gasteiger charge is -2.42. The molecule has 4 heterocycles. The van der Waals surface area contributed by atoms with Crippen molar-refractivity contribution in [2.45, 2.75) is 31.2 Å². The van der Waals surface area contributed by atoms with E-state index in [2.05, 4.69) is 31.1 Å². The molecular formula is C24H26N8O9S2. The van der Waals surface area contributed by atoms with Crippen LogP contribution in [0.15, 0.2) is 41.0 Å². The zero-order valence-corrected chi connectivity index (χ0v) is 24.0. The van der Waals surface area contributed by atoms with Crippen LogP contribution < -0.4 is 26.4 Å². The quantitative estimate of drug-likeness (QED) is 0.0632. The highest BCUT2D eigenvalue weighted by molar-refractivity contribution is 7.84. The molecule has 2 unspecified atom stereocenters. The lowest BCUT2D eigenvalue weighted by molar-refractivity contribution is -0.152. The van der Waals surface area contributed by atoms with Crippen molar-refractivity contribution in [3.63, 3.8) is 0 Å². The van der Waals surface area contributed by atoms with Crippen molar-refractivity contribution in [2.75, 3.05) is 30.7 Å². The van der Waals surface area contributed by atoms with Gasteiger partial charge in [0, 0.05) is 30.1 Å². The summed E-state index contributed by atoms with van der Waals surface area (Å²) in [5.41, 5.74) is 5.06. The number of oxime groups is 1. The number of β-lactam (4-membered cyclic amide) rings is 1. The number of fused-ring (bicyclic) bond motifs is 1. The Labute approximate surface area is 247 Å². The minimum absolute atomic E-state index is 0.0634. The van der Waals surface area contributed by atoms with Crippen molar-refractivity contribution in [1.29, 1.82) is 0 Å². The molecule has 3 atom stereocenters. The summed E-state index contributed by atoms with van der Waals surface area (Å²) in [6, 6.07) is 4.80. The van der Waals surface area contributed by atoms with E-state index >= 15 is 0 Å². The second-order valence-corrected chi connectivity index (χ2v) is 11.8. The van der Waals surface area contributed by atoms with Gasteiger partial charge in [0.1, 0.15) is 29.9 Å². The topological polar surface area (TPSA) is 248 Å². The van der Waals surface area contributed by atoms with Gasteiger partial charge in [-0.25, -0.2) is 19.1 Å². The first-order valence-electron chi connectivity index (χ1n) is 12.7. The zero-order chi connectivity index (χ0) is 30.9. The third-order valence-corrected chi connectivity index (χ3v) is 8.34. The molecule has 0 aliphatic carbocycles. The highest BCUT2D eigenvalue weighted by Gasteiger charge is 2.51. The molecule has 1 aromatic carbocycles. The number of anilines is 2. The average Bonchev–Trinajstić information content (AvgIpc) is 3.35. The molecule has 2 aliphatic heterocycles. The van der Waals surface area contributed by atoms with E-state index in [1.165, 1.54) is 12.3 Å². The predicted octanol–water partition coefficient (Wildman–Crippen LogP) is -0.572. The Morgan fingerprint density at radius 3 is 2.70 bits per heavy atom. The van der Waals surface area contributed by atoms with Gasteiger partial charge < -0.3 is 36.4 Å². The number of hydrogen-bond donors (Lipinski definition) is 6. The number of benzene rings is 1. The number of aliphatic carboxylic acids is 1. The first-order chi connectivity index (χ1) is 20.4. The number of nitrogen functional groups attached to an aromatic ring is 1. The highest BCUT2D eigenvalue weighted by Crippen LogP contribution is 2.27. The molecule has 2 saturated heterocycles. The molecule has 0 saturated carbocycles. The largest absolute Gasteiger partial charge is 0.489 e. The van der Waals surface area contributed by atoms with Gasteiger partial charge in [0.05, 0.1) is 12.1 Å². The Morgan fingerprint density at radius 2 is 2.09 bits per heavy atom. The summed E-state index contributed by atoms with van der Waals surface area (Å²) in [5.74, 6) is -2.49. The zero-order valence-electron chi connectivity index (χ0n) is 22.3. The number of thiazole rings is 1. The summed E-state index contributed by atoms with van der Waals surface area (Å²) in [6.07, 6.45) is -0.0245. The van der Waals surface area contributed by atoms with Gasteiger partial charge in [-0.1, -0.05) is 5.16 Å². The number of carboxylic acid groups (broad SMARTS) is 1. The van der Waals surface area contributed by atoms with Crippen molar-refractivity contribution in [3.05, 3.63) is 41.5 Å². The van der Waals surface area contributed by atoms with Gasteiger partial charge in [-0.2, -0.15) is 8.42 Å². The number of pyridine rings is 1. The molecule has 0 bridgehead atoms. The maximum atomic E-state index is 13.0. The van der Waals surface area contributed by atoms with E-state index in [4.69, 9.17) is 15.3 Å². The van der Waals surface area contributed by atoms with Gasteiger partial charge in [0.2, 0.25) is 0 Å². The summed E-state index contributed by atoms with van der Waals surface area (Å²) < 4.78 is 37.8. The number of ether oxygens (including phenoxy) is 1. The van der Waals surface area contributed by atoms with Gasteiger partial charge in [0.25, 0.3) is 17.9 Å². The average molecular weight is 635 g/mol. The van der Waals surface area contributed by atoms with E-state index in [1.807, 2.05) is 0 Å². The van der Waals surface area contributed by atoms with Crippen LogP contribution in [0.4, 0.5) is 10.9 Å². The van der Waals surface area contributed by atoms with E-state index in [0.717, 1.165) is 35.2 Å². The standard InChI is InChI=1S/C24H26N8O9S2/c1-11-18(22(34)32(11)43(37,38)39)30-21(33)19(16-10-42-24(25)29-16)31-41-17(23(35)36)9-40-14-2-3-15-12(6-14)4-5-27-20(15)28-13-7-26-8-13/h2-6,10-11,13,17-18,26H,7-9H2,1H3,(H2,25,29)(H,27,28)(H,30,33)(H,35,36)(H,37,38,39)/b31-19-/t11-,17?,18?/m0/s1. The van der Waals surface area contributed by atoms with Crippen LogP contribution >= 0.6 is 11.3 Å². The van der Waals surface area contributed by atoms with Crippen molar-refractivity contribution in [1.82, 2.24) is 24.9 Å². The van der Waals surface area contributed by atoms with Crippen LogP contribution in [0.2, 0.25) is 0 Å². The van der Waals surface area contributed by atoms with Gasteiger partial charge in [-0.05, 0) is 36.6 Å². The van der Waals surface area contributed by atoms with E-state index in [9.17, 15) is 32.5 Å². The molecule has 43 heavy (non-hydrogen) atoms. The fraction of sp³-hybridized carbons (Fsp3) is 0.333. The van der Waals surface area contributed by atoms with E-state index < -0.39 is 58.6 Å². The summed E-state index contributed by atoms with van der Waals surface area (Å²) >= 11 is 0.961. The van der Waals surface area contributed by atoms with E-state index in [-0.39, 0.29) is 21.2 Å². The first-order valence-corrected chi connectivity index (χ1v) is 15.0. The van der Waals surface area contributed by atoms with Gasteiger partial charge in [0.15, 0.2) is 10.8 Å². The monoisotopic (exact) mass is 634 g/mol. The lowest BCUT2D eigenvalue weighted by Crippen LogP contribution is -2.71. The smallest absolute Gasteiger partial charge is 0.362 e. The third kappa shape index (κ3) is 6.43. The number of carboxylic acids is 1. The first kappa shape index (κ1) is 29.9. The molecule has 19 heteroatoms. The number of carbonyl (C=O) groups excluding carboxylic acids is 2. The molecule has 0 radical (unpaired) electrons. The number of nitrogens with one attached hydrogen (secondary N) is 3. The Hall–Kier alpha value is -4.59. The Bertz CT molecular complexity index is 1710. The van der Waals surface area contributed by atoms with Crippen LogP contribution in [0, 0.1) is 0 Å².